The van der Waals surface area contributed by atoms with E-state index in [0.717, 1.165) is 76.5 Å². The van der Waals surface area contributed by atoms with Gasteiger partial charge in [0.05, 0.1) is 5.48 Å². The van der Waals surface area contributed by atoms with Crippen LogP contribution in [0.25, 0.3) is 98.8 Å². The van der Waals surface area contributed by atoms with E-state index in [4.69, 9.17) is 4.42 Å². The Morgan fingerprint density at radius 2 is 0.918 bits per heavy atom. The predicted molar refractivity (Wildman–Crippen MR) is 208 cm³/mol. The highest BCUT2D eigenvalue weighted by Gasteiger charge is 2.20. The van der Waals surface area contributed by atoms with Crippen LogP contribution >= 0.6 is 0 Å². The lowest BCUT2D eigenvalue weighted by Crippen LogP contribution is -1.91. The summed E-state index contributed by atoms with van der Waals surface area (Å²) in [6, 6.07) is 52.5. The Hall–Kier alpha value is -6.44. The van der Waals surface area contributed by atoms with Gasteiger partial charge >= 0.3 is 0 Å². The number of furan rings is 1. The SMILES string of the molecule is [2H]c1c([2H])c(-c2c3ccccc3c(-c3cccc4oc5cc(-c6ccccc6)ccc5c34)c3ccccc23)c([2H])c([2H])c1-c1cccc2ccccc12. The normalized spacial score (nSPS) is 12.8. The first-order valence-electron chi connectivity index (χ1n) is 18.5. The summed E-state index contributed by atoms with van der Waals surface area (Å²) in [6.07, 6.45) is 0. The molecule has 1 nitrogen and oxygen atoms in total. The van der Waals surface area contributed by atoms with E-state index in [1.165, 1.54) is 0 Å². The molecule has 0 fully saturated rings. The predicted octanol–water partition coefficient (Wildman–Crippen LogP) is 13.7. The third-order valence-corrected chi connectivity index (χ3v) is 9.74. The minimum absolute atomic E-state index is 0.0564. The van der Waals surface area contributed by atoms with Crippen LogP contribution in [0.4, 0.5) is 0 Å². The summed E-state index contributed by atoms with van der Waals surface area (Å²) in [4.78, 5) is 0. The Labute approximate surface area is 289 Å². The zero-order valence-corrected chi connectivity index (χ0v) is 26.4. The number of hydrogen-bond donors (Lipinski definition) is 0. The lowest BCUT2D eigenvalue weighted by atomic mass is 9.84. The first-order valence-corrected chi connectivity index (χ1v) is 16.5. The highest BCUT2D eigenvalue weighted by molar-refractivity contribution is 6.25. The van der Waals surface area contributed by atoms with Crippen LogP contribution in [0.1, 0.15) is 5.48 Å². The van der Waals surface area contributed by atoms with Crippen LogP contribution < -0.4 is 0 Å². The third kappa shape index (κ3) is 4.40. The zero-order valence-electron chi connectivity index (χ0n) is 30.4. The van der Waals surface area contributed by atoms with Crippen LogP contribution in [0.3, 0.4) is 0 Å². The maximum absolute atomic E-state index is 9.49. The lowest BCUT2D eigenvalue weighted by molar-refractivity contribution is 0.669. The van der Waals surface area contributed by atoms with E-state index in [2.05, 4.69) is 48.5 Å². The Morgan fingerprint density at radius 3 is 1.65 bits per heavy atom. The van der Waals surface area contributed by atoms with Crippen LogP contribution in [0.2, 0.25) is 0 Å². The molecule has 228 valence electrons. The zero-order chi connectivity index (χ0) is 35.8. The first-order chi connectivity index (χ1) is 26.0. The van der Waals surface area contributed by atoms with E-state index in [1.54, 1.807) is 0 Å². The van der Waals surface area contributed by atoms with Crippen molar-refractivity contribution in [1.82, 2.24) is 0 Å². The second-order valence-corrected chi connectivity index (χ2v) is 12.5. The van der Waals surface area contributed by atoms with Gasteiger partial charge in [0.15, 0.2) is 0 Å². The van der Waals surface area contributed by atoms with E-state index in [0.29, 0.717) is 22.3 Å². The van der Waals surface area contributed by atoms with E-state index >= 15 is 0 Å². The maximum atomic E-state index is 9.49. The number of benzene rings is 9. The van der Waals surface area contributed by atoms with Crippen LogP contribution in [0.15, 0.2) is 186 Å². The van der Waals surface area contributed by atoms with Gasteiger partial charge in [0, 0.05) is 10.8 Å². The van der Waals surface area contributed by atoms with Gasteiger partial charge in [0.1, 0.15) is 11.2 Å². The van der Waals surface area contributed by atoms with Crippen molar-refractivity contribution >= 4 is 54.3 Å². The van der Waals surface area contributed by atoms with Crippen LogP contribution in [-0.4, -0.2) is 0 Å². The average Bonchev–Trinajstić information content (AvgIpc) is 3.59. The van der Waals surface area contributed by atoms with Gasteiger partial charge < -0.3 is 4.42 Å². The molecule has 0 spiro atoms. The molecule has 0 amide bonds. The first kappa shape index (κ1) is 23.8. The molecule has 1 aromatic heterocycles. The molecule has 1 heterocycles. The van der Waals surface area contributed by atoms with E-state index in [-0.39, 0.29) is 24.2 Å². The Bertz CT molecular complexity index is 3020. The Kier molecular flexibility index (Phi) is 5.38. The number of fused-ring (bicyclic) bond motifs is 6. The summed E-state index contributed by atoms with van der Waals surface area (Å²) in [7, 11) is 0. The van der Waals surface area contributed by atoms with Crippen LogP contribution in [-0.2, 0) is 0 Å². The monoisotopic (exact) mass is 626 g/mol. The molecule has 10 aromatic rings. The van der Waals surface area contributed by atoms with Crippen molar-refractivity contribution in [3.05, 3.63) is 182 Å². The fraction of sp³-hybridized carbons (Fsp3) is 0. The molecule has 0 unspecified atom stereocenters. The quantitative estimate of drug-likeness (QED) is 0.177. The van der Waals surface area contributed by atoms with Gasteiger partial charge in [-0.2, -0.15) is 0 Å². The summed E-state index contributed by atoms with van der Waals surface area (Å²) in [5.41, 5.74) is 7.86. The van der Waals surface area contributed by atoms with Crippen molar-refractivity contribution in [2.24, 2.45) is 0 Å². The van der Waals surface area contributed by atoms with Crippen LogP contribution in [0, 0.1) is 0 Å². The molecule has 49 heavy (non-hydrogen) atoms. The van der Waals surface area contributed by atoms with E-state index < -0.39 is 0 Å². The van der Waals surface area contributed by atoms with Crippen molar-refractivity contribution in [1.29, 1.82) is 0 Å². The molecule has 0 radical (unpaired) electrons. The summed E-state index contributed by atoms with van der Waals surface area (Å²) in [6.45, 7) is 0. The molecule has 10 rings (SSSR count). The van der Waals surface area contributed by atoms with E-state index in [9.17, 15) is 5.48 Å². The molecular formula is C48H30O. The summed E-state index contributed by atoms with van der Waals surface area (Å²) >= 11 is 0. The van der Waals surface area contributed by atoms with Gasteiger partial charge in [-0.05, 0) is 95.0 Å². The van der Waals surface area contributed by atoms with Crippen molar-refractivity contribution in [3.8, 4) is 44.5 Å². The molecule has 0 N–H and O–H groups in total. The van der Waals surface area contributed by atoms with Crippen molar-refractivity contribution in [2.75, 3.05) is 0 Å². The molecule has 1 heteroatoms. The summed E-state index contributed by atoms with van der Waals surface area (Å²) in [5, 5.41) is 7.55. The van der Waals surface area contributed by atoms with Gasteiger partial charge in [-0.3, -0.25) is 0 Å². The third-order valence-electron chi connectivity index (χ3n) is 9.74. The fourth-order valence-electron chi connectivity index (χ4n) is 7.55. The summed E-state index contributed by atoms with van der Waals surface area (Å²) in [5.74, 6) is 0. The highest BCUT2D eigenvalue weighted by atomic mass is 16.3. The minimum Gasteiger partial charge on any atom is -0.456 e. The van der Waals surface area contributed by atoms with Crippen molar-refractivity contribution in [2.45, 2.75) is 0 Å². The van der Waals surface area contributed by atoms with E-state index in [1.807, 2.05) is 109 Å². The average molecular weight is 627 g/mol. The van der Waals surface area contributed by atoms with Crippen LogP contribution in [0.5, 0.6) is 0 Å². The minimum atomic E-state index is -0.0610. The second-order valence-electron chi connectivity index (χ2n) is 12.5. The smallest absolute Gasteiger partial charge is 0.136 e. The highest BCUT2D eigenvalue weighted by Crippen LogP contribution is 2.47. The fourth-order valence-corrected chi connectivity index (χ4v) is 7.55. The molecule has 0 aliphatic rings. The van der Waals surface area contributed by atoms with Crippen molar-refractivity contribution in [3.63, 3.8) is 0 Å². The summed E-state index contributed by atoms with van der Waals surface area (Å²) < 4.78 is 44.2. The van der Waals surface area contributed by atoms with Gasteiger partial charge in [-0.25, -0.2) is 0 Å². The molecule has 0 aliphatic carbocycles. The standard InChI is InChI=1S/C48H30O/c1-2-12-31(13-3-1)35-28-29-42-45(30-35)49-44-23-11-22-43(48(42)44)47-40-19-8-6-17-38(40)46(39-18-7-9-20-41(39)47)34-26-24-33(25-27-34)37-21-10-15-32-14-4-5-16-36(32)37/h1-30H/i24D,25D,26D,27D. The topological polar surface area (TPSA) is 13.1 Å². The van der Waals surface area contributed by atoms with Gasteiger partial charge in [0.2, 0.25) is 0 Å². The van der Waals surface area contributed by atoms with Gasteiger partial charge in [0.25, 0.3) is 0 Å². The second kappa shape index (κ2) is 11.1. The Morgan fingerprint density at radius 1 is 0.347 bits per heavy atom. The maximum Gasteiger partial charge on any atom is 0.136 e. The van der Waals surface area contributed by atoms with Crippen molar-refractivity contribution < 1.29 is 9.90 Å². The van der Waals surface area contributed by atoms with Gasteiger partial charge in [-0.15, -0.1) is 0 Å². The van der Waals surface area contributed by atoms with Gasteiger partial charge in [-0.1, -0.05) is 164 Å². The molecule has 0 aliphatic heterocycles. The molecule has 0 atom stereocenters. The molecular weight excluding hydrogens is 593 g/mol. The molecule has 0 bridgehead atoms. The molecule has 9 aromatic carbocycles. The molecule has 0 saturated carbocycles. The lowest BCUT2D eigenvalue weighted by Gasteiger charge is -2.18. The number of rotatable bonds is 4. The Balaban J connectivity index is 1.26. The largest absolute Gasteiger partial charge is 0.456 e. The number of hydrogen-bond acceptors (Lipinski definition) is 1. The molecule has 0 saturated heterocycles.